The summed E-state index contributed by atoms with van der Waals surface area (Å²) in [6.07, 6.45) is 4.17. The van der Waals surface area contributed by atoms with Gasteiger partial charge in [-0.1, -0.05) is 40.5 Å². The Morgan fingerprint density at radius 3 is 2.11 bits per heavy atom. The highest BCUT2D eigenvalue weighted by Gasteiger charge is 2.27. The minimum Gasteiger partial charge on any atom is -0.496 e. The number of hydrogen-bond acceptors (Lipinski definition) is 4. The molecule has 0 spiro atoms. The van der Waals surface area contributed by atoms with E-state index in [1.807, 2.05) is 27.7 Å². The van der Waals surface area contributed by atoms with Crippen LogP contribution in [0, 0.1) is 11.8 Å². The molecule has 0 unspecified atom stereocenters. The summed E-state index contributed by atoms with van der Waals surface area (Å²) < 4.78 is 34.1. The van der Waals surface area contributed by atoms with Crippen molar-refractivity contribution >= 4 is 15.9 Å². The van der Waals surface area contributed by atoms with E-state index in [4.69, 9.17) is 4.74 Å². The van der Waals surface area contributed by atoms with Crippen LogP contribution in [0.3, 0.4) is 0 Å². The smallest absolute Gasteiger partial charge is 0.257 e. The number of nitrogens with one attached hydrogen (secondary N) is 1. The van der Waals surface area contributed by atoms with Crippen molar-refractivity contribution in [2.45, 2.75) is 64.3 Å². The first-order chi connectivity index (χ1) is 13.2. The van der Waals surface area contributed by atoms with Crippen LogP contribution < -0.4 is 9.46 Å². The number of rotatable bonds is 7. The van der Waals surface area contributed by atoms with Gasteiger partial charge in [-0.3, -0.25) is 4.79 Å². The molecule has 1 N–H and O–H groups in total. The average molecular weight is 411 g/mol. The maximum atomic E-state index is 13.1. The van der Waals surface area contributed by atoms with E-state index >= 15 is 0 Å². The fourth-order valence-electron chi connectivity index (χ4n) is 3.75. The Balaban J connectivity index is 2.36. The molecule has 1 aliphatic heterocycles. The van der Waals surface area contributed by atoms with Crippen molar-refractivity contribution in [2.75, 3.05) is 20.2 Å². The highest BCUT2D eigenvalue weighted by molar-refractivity contribution is 7.89. The van der Waals surface area contributed by atoms with Gasteiger partial charge in [0, 0.05) is 19.1 Å². The van der Waals surface area contributed by atoms with Crippen LogP contribution in [0.15, 0.2) is 23.1 Å². The van der Waals surface area contributed by atoms with Crippen LogP contribution in [-0.4, -0.2) is 45.5 Å². The summed E-state index contributed by atoms with van der Waals surface area (Å²) in [6, 6.07) is 4.33. The molecule has 1 heterocycles. The molecule has 0 saturated carbocycles. The molecule has 0 aliphatic carbocycles. The predicted molar refractivity (Wildman–Crippen MR) is 111 cm³/mol. The van der Waals surface area contributed by atoms with Gasteiger partial charge in [-0.25, -0.2) is 13.1 Å². The summed E-state index contributed by atoms with van der Waals surface area (Å²) >= 11 is 0. The summed E-state index contributed by atoms with van der Waals surface area (Å²) in [7, 11) is -2.25. The van der Waals surface area contributed by atoms with Crippen LogP contribution in [0.1, 0.15) is 63.7 Å². The van der Waals surface area contributed by atoms with Crippen molar-refractivity contribution in [2.24, 2.45) is 11.8 Å². The van der Waals surface area contributed by atoms with Gasteiger partial charge in [0.25, 0.3) is 5.91 Å². The molecule has 1 amide bonds. The largest absolute Gasteiger partial charge is 0.496 e. The summed E-state index contributed by atoms with van der Waals surface area (Å²) in [5, 5.41) is 0. The normalized spacial score (nSPS) is 15.9. The van der Waals surface area contributed by atoms with Gasteiger partial charge in [0.15, 0.2) is 0 Å². The van der Waals surface area contributed by atoms with Crippen LogP contribution in [-0.2, 0) is 10.0 Å². The Labute approximate surface area is 169 Å². The second-order valence-electron chi connectivity index (χ2n) is 8.20. The van der Waals surface area contributed by atoms with Gasteiger partial charge in [-0.2, -0.15) is 0 Å². The number of carbonyl (C=O) groups is 1. The fraction of sp³-hybridized carbons (Fsp3) is 0.667. The zero-order chi connectivity index (χ0) is 20.9. The average Bonchev–Trinajstić information content (AvgIpc) is 2.94. The van der Waals surface area contributed by atoms with Crippen molar-refractivity contribution in [1.82, 2.24) is 9.62 Å². The van der Waals surface area contributed by atoms with Gasteiger partial charge < -0.3 is 9.64 Å². The number of likely N-dealkylation sites (tertiary alicyclic amines) is 1. The number of carbonyl (C=O) groups excluding carboxylic acids is 1. The van der Waals surface area contributed by atoms with Gasteiger partial charge in [-0.15, -0.1) is 0 Å². The first kappa shape index (κ1) is 22.7. The maximum absolute atomic E-state index is 13.1. The molecule has 1 aromatic rings. The molecule has 0 atom stereocenters. The number of benzene rings is 1. The number of hydrogen-bond donors (Lipinski definition) is 1. The van der Waals surface area contributed by atoms with Crippen molar-refractivity contribution in [3.8, 4) is 5.75 Å². The molecule has 6 nitrogen and oxygen atoms in total. The topological polar surface area (TPSA) is 75.7 Å². The van der Waals surface area contributed by atoms with Gasteiger partial charge >= 0.3 is 0 Å². The van der Waals surface area contributed by atoms with Crippen LogP contribution >= 0.6 is 0 Å². The quantitative estimate of drug-likeness (QED) is 0.744. The molecule has 0 aromatic heterocycles. The Morgan fingerprint density at radius 2 is 1.61 bits per heavy atom. The molecule has 0 bridgehead atoms. The minimum absolute atomic E-state index is 0.0952. The molecule has 158 valence electrons. The monoisotopic (exact) mass is 410 g/mol. The zero-order valence-electron chi connectivity index (χ0n) is 17.7. The van der Waals surface area contributed by atoms with Crippen molar-refractivity contribution in [1.29, 1.82) is 0 Å². The standard InChI is InChI=1S/C21H34N2O4S/c1-15(2)20(16(3)4)22-28(25,26)17-10-11-19(27-5)18(14-17)21(24)23-12-8-6-7-9-13-23/h10-11,14-16,20,22H,6-9,12-13H2,1-5H3. The molecule has 1 aliphatic rings. The van der Waals surface area contributed by atoms with E-state index in [1.54, 1.807) is 11.0 Å². The van der Waals surface area contributed by atoms with Crippen molar-refractivity contribution in [3.63, 3.8) is 0 Å². The van der Waals surface area contributed by atoms with Gasteiger partial charge in [0.1, 0.15) is 5.75 Å². The van der Waals surface area contributed by atoms with Crippen molar-refractivity contribution in [3.05, 3.63) is 23.8 Å². The lowest BCUT2D eigenvalue weighted by Gasteiger charge is -2.26. The van der Waals surface area contributed by atoms with Gasteiger partial charge in [0.05, 0.1) is 17.6 Å². The van der Waals surface area contributed by atoms with E-state index < -0.39 is 10.0 Å². The van der Waals surface area contributed by atoms with Gasteiger partial charge in [-0.05, 0) is 42.9 Å². The third kappa shape index (κ3) is 5.47. The Bertz CT molecular complexity index is 759. The summed E-state index contributed by atoms with van der Waals surface area (Å²) in [5.41, 5.74) is 0.304. The molecule has 28 heavy (non-hydrogen) atoms. The lowest BCUT2D eigenvalue weighted by molar-refractivity contribution is 0.0758. The number of sulfonamides is 1. The molecule has 7 heteroatoms. The minimum atomic E-state index is -3.74. The van der Waals surface area contributed by atoms with E-state index in [9.17, 15) is 13.2 Å². The van der Waals surface area contributed by atoms with E-state index in [0.717, 1.165) is 25.7 Å². The third-order valence-corrected chi connectivity index (χ3v) is 6.79. The van der Waals surface area contributed by atoms with Crippen molar-refractivity contribution < 1.29 is 17.9 Å². The van der Waals surface area contributed by atoms with Crippen LogP contribution in [0.4, 0.5) is 0 Å². The van der Waals surface area contributed by atoms with E-state index in [0.29, 0.717) is 24.4 Å². The second kappa shape index (κ2) is 9.74. The first-order valence-electron chi connectivity index (χ1n) is 10.2. The van der Waals surface area contributed by atoms with Gasteiger partial charge in [0.2, 0.25) is 10.0 Å². The molecule has 1 saturated heterocycles. The number of ether oxygens (including phenoxy) is 1. The fourth-order valence-corrected chi connectivity index (χ4v) is 5.31. The number of nitrogens with zero attached hydrogens (tertiary/aromatic N) is 1. The lowest BCUT2D eigenvalue weighted by atomic mass is 9.94. The Morgan fingerprint density at radius 1 is 1.04 bits per heavy atom. The molecule has 1 fully saturated rings. The highest BCUT2D eigenvalue weighted by atomic mass is 32.2. The third-order valence-electron chi connectivity index (χ3n) is 5.33. The lowest BCUT2D eigenvalue weighted by Crippen LogP contribution is -2.42. The Hall–Kier alpha value is -1.60. The maximum Gasteiger partial charge on any atom is 0.257 e. The number of methoxy groups -OCH3 is 1. The van der Waals surface area contributed by atoms with E-state index in [-0.39, 0.29) is 28.7 Å². The molecular formula is C21H34N2O4S. The summed E-state index contributed by atoms with van der Waals surface area (Å²) in [4.78, 5) is 15.0. The van der Waals surface area contributed by atoms with E-state index in [2.05, 4.69) is 4.72 Å². The van der Waals surface area contributed by atoms with Crippen LogP contribution in [0.25, 0.3) is 0 Å². The number of amides is 1. The Kier molecular flexibility index (Phi) is 7.89. The molecular weight excluding hydrogens is 376 g/mol. The molecule has 0 radical (unpaired) electrons. The summed E-state index contributed by atoms with van der Waals surface area (Å²) in [5.74, 6) is 0.551. The highest BCUT2D eigenvalue weighted by Crippen LogP contribution is 2.26. The van der Waals surface area contributed by atoms with E-state index in [1.165, 1.54) is 19.2 Å². The zero-order valence-corrected chi connectivity index (χ0v) is 18.5. The predicted octanol–water partition coefficient (Wildman–Crippen LogP) is 3.67. The van der Waals surface area contributed by atoms with Crippen LogP contribution in [0.5, 0.6) is 5.75 Å². The first-order valence-corrected chi connectivity index (χ1v) is 11.7. The molecule has 1 aromatic carbocycles. The molecule has 2 rings (SSSR count). The second-order valence-corrected chi connectivity index (χ2v) is 9.92. The SMILES string of the molecule is COc1ccc(S(=O)(=O)NC(C(C)C)C(C)C)cc1C(=O)N1CCCCCC1. The van der Waals surface area contributed by atoms with Crippen LogP contribution in [0.2, 0.25) is 0 Å². The summed E-state index contributed by atoms with van der Waals surface area (Å²) in [6.45, 7) is 9.37.